The third-order valence-corrected chi connectivity index (χ3v) is 3.66. The first-order valence-electron chi connectivity index (χ1n) is 7.70. The fraction of sp³-hybridized carbons (Fsp3) is 0.333. The van der Waals surface area contributed by atoms with E-state index in [-0.39, 0.29) is 24.1 Å². The lowest BCUT2D eigenvalue weighted by atomic mass is 10.1. The highest BCUT2D eigenvalue weighted by Gasteiger charge is 2.17. The zero-order valence-corrected chi connectivity index (χ0v) is 14.7. The number of nitrogens with zero attached hydrogens (tertiary/aromatic N) is 3. The van der Waals surface area contributed by atoms with Crippen LogP contribution in [0, 0.1) is 27.7 Å². The first kappa shape index (κ1) is 17.6. The van der Waals surface area contributed by atoms with Gasteiger partial charge < -0.3 is 10.2 Å². The Hall–Kier alpha value is -2.76. The first-order chi connectivity index (χ1) is 11.3. The van der Waals surface area contributed by atoms with E-state index in [2.05, 4.69) is 15.3 Å². The van der Waals surface area contributed by atoms with Crippen molar-refractivity contribution in [1.29, 1.82) is 0 Å². The lowest BCUT2D eigenvalue weighted by Gasteiger charge is -2.18. The van der Waals surface area contributed by atoms with Crippen molar-refractivity contribution in [1.82, 2.24) is 14.9 Å². The Morgan fingerprint density at radius 1 is 1.12 bits per heavy atom. The number of carbonyl (C=O) groups is 2. The highest BCUT2D eigenvalue weighted by atomic mass is 16.2. The predicted octanol–water partition coefficient (Wildman–Crippen LogP) is 2.42. The summed E-state index contributed by atoms with van der Waals surface area (Å²) in [6.45, 7) is 7.59. The van der Waals surface area contributed by atoms with Crippen LogP contribution in [-0.2, 0) is 4.79 Å². The lowest BCUT2D eigenvalue weighted by molar-refractivity contribution is -0.116. The van der Waals surface area contributed by atoms with Crippen molar-refractivity contribution in [2.75, 3.05) is 18.9 Å². The minimum Gasteiger partial charge on any atom is -0.331 e. The number of likely N-dealkylation sites (N-methyl/N-ethyl adjacent to an activating group) is 1. The fourth-order valence-corrected chi connectivity index (χ4v) is 2.61. The van der Waals surface area contributed by atoms with Crippen LogP contribution in [0.1, 0.15) is 33.0 Å². The van der Waals surface area contributed by atoms with E-state index in [1.807, 2.05) is 32.9 Å². The molecule has 2 rings (SSSR count). The van der Waals surface area contributed by atoms with Gasteiger partial charge in [-0.3, -0.25) is 9.59 Å². The number of aromatic nitrogens is 2. The number of anilines is 1. The Morgan fingerprint density at radius 3 is 2.33 bits per heavy atom. The smallest absolute Gasteiger partial charge is 0.272 e. The molecule has 0 fully saturated rings. The van der Waals surface area contributed by atoms with E-state index in [1.54, 1.807) is 14.0 Å². The van der Waals surface area contributed by atoms with Crippen molar-refractivity contribution < 1.29 is 9.59 Å². The van der Waals surface area contributed by atoms with E-state index < -0.39 is 0 Å². The van der Waals surface area contributed by atoms with Gasteiger partial charge in [0.25, 0.3) is 5.91 Å². The molecule has 1 aromatic heterocycles. The van der Waals surface area contributed by atoms with Gasteiger partial charge in [-0.05, 0) is 44.9 Å². The summed E-state index contributed by atoms with van der Waals surface area (Å²) in [7, 11) is 1.58. The average Bonchev–Trinajstić information content (AvgIpc) is 2.50. The predicted molar refractivity (Wildman–Crippen MR) is 93.0 cm³/mol. The van der Waals surface area contributed by atoms with Crippen LogP contribution in [-0.4, -0.2) is 40.3 Å². The minimum atomic E-state index is -0.312. The molecule has 0 radical (unpaired) electrons. The Bertz CT molecular complexity index is 763. The molecule has 0 bridgehead atoms. The van der Waals surface area contributed by atoms with E-state index >= 15 is 0 Å². The van der Waals surface area contributed by atoms with Crippen molar-refractivity contribution in [2.45, 2.75) is 27.7 Å². The quantitative estimate of drug-likeness (QED) is 0.936. The number of nitrogens with one attached hydrogen (secondary N) is 1. The molecule has 1 heterocycles. The maximum Gasteiger partial charge on any atom is 0.272 e. The maximum atomic E-state index is 12.3. The molecule has 0 aliphatic rings. The molecule has 126 valence electrons. The summed E-state index contributed by atoms with van der Waals surface area (Å²) in [6.07, 6.45) is 1.53. The van der Waals surface area contributed by atoms with E-state index in [0.717, 1.165) is 22.4 Å². The van der Waals surface area contributed by atoms with Crippen molar-refractivity contribution in [3.05, 3.63) is 52.6 Å². The molecule has 6 nitrogen and oxygen atoms in total. The fourth-order valence-electron chi connectivity index (χ4n) is 2.61. The third kappa shape index (κ3) is 4.16. The highest BCUT2D eigenvalue weighted by molar-refractivity contribution is 5.98. The van der Waals surface area contributed by atoms with Gasteiger partial charge in [0.1, 0.15) is 11.5 Å². The van der Waals surface area contributed by atoms with E-state index in [1.165, 1.54) is 17.2 Å². The molecule has 0 saturated heterocycles. The van der Waals surface area contributed by atoms with Crippen LogP contribution < -0.4 is 5.32 Å². The SMILES string of the molecule is Cc1cc(C)c(NC(=O)CN(C)C(=O)c2ccnc(C)n2)c(C)c1. The second-order valence-corrected chi connectivity index (χ2v) is 5.97. The van der Waals surface area contributed by atoms with Gasteiger partial charge in [-0.2, -0.15) is 0 Å². The second kappa shape index (κ2) is 7.21. The minimum absolute atomic E-state index is 0.0470. The van der Waals surface area contributed by atoms with Crippen LogP contribution in [0.5, 0.6) is 0 Å². The number of hydrogen-bond acceptors (Lipinski definition) is 4. The Balaban J connectivity index is 2.06. The third-order valence-electron chi connectivity index (χ3n) is 3.66. The Kier molecular flexibility index (Phi) is 5.28. The summed E-state index contributed by atoms with van der Waals surface area (Å²) in [4.78, 5) is 34.0. The monoisotopic (exact) mass is 326 g/mol. The molecule has 0 atom stereocenters. The standard InChI is InChI=1S/C18H22N4O2/c1-11-8-12(2)17(13(3)9-11)21-16(23)10-22(5)18(24)15-6-7-19-14(4)20-15/h6-9H,10H2,1-5H3,(H,21,23). The molecule has 1 aromatic carbocycles. The van der Waals surface area contributed by atoms with Gasteiger partial charge >= 0.3 is 0 Å². The summed E-state index contributed by atoms with van der Waals surface area (Å²) in [6, 6.07) is 5.57. The molecule has 2 amide bonds. The van der Waals surface area contributed by atoms with Crippen LogP contribution in [0.15, 0.2) is 24.4 Å². The molecule has 0 aliphatic carbocycles. The van der Waals surface area contributed by atoms with Gasteiger partial charge in [0.15, 0.2) is 0 Å². The van der Waals surface area contributed by atoms with Crippen molar-refractivity contribution >= 4 is 17.5 Å². The molecule has 0 spiro atoms. The lowest BCUT2D eigenvalue weighted by Crippen LogP contribution is -2.35. The molecule has 6 heteroatoms. The van der Waals surface area contributed by atoms with Crippen LogP contribution in [0.3, 0.4) is 0 Å². The molecular weight excluding hydrogens is 304 g/mol. The topological polar surface area (TPSA) is 75.2 Å². The van der Waals surface area contributed by atoms with Crippen molar-refractivity contribution in [2.24, 2.45) is 0 Å². The van der Waals surface area contributed by atoms with Gasteiger partial charge in [-0.25, -0.2) is 9.97 Å². The van der Waals surface area contributed by atoms with E-state index in [0.29, 0.717) is 5.82 Å². The summed E-state index contributed by atoms with van der Waals surface area (Å²) >= 11 is 0. The van der Waals surface area contributed by atoms with Gasteiger partial charge in [-0.1, -0.05) is 17.7 Å². The number of aryl methyl sites for hydroxylation is 4. The van der Waals surface area contributed by atoms with Crippen LogP contribution >= 0.6 is 0 Å². The summed E-state index contributed by atoms with van der Waals surface area (Å²) in [5, 5.41) is 2.89. The van der Waals surface area contributed by atoms with E-state index in [4.69, 9.17) is 0 Å². The molecule has 0 aliphatic heterocycles. The number of hydrogen-bond donors (Lipinski definition) is 1. The number of amides is 2. The second-order valence-electron chi connectivity index (χ2n) is 5.97. The highest BCUT2D eigenvalue weighted by Crippen LogP contribution is 2.21. The summed E-state index contributed by atoms with van der Waals surface area (Å²) in [5.74, 6) is -0.0377. The summed E-state index contributed by atoms with van der Waals surface area (Å²) < 4.78 is 0. The van der Waals surface area contributed by atoms with Crippen LogP contribution in [0.4, 0.5) is 5.69 Å². The van der Waals surface area contributed by atoms with Crippen molar-refractivity contribution in [3.63, 3.8) is 0 Å². The zero-order valence-electron chi connectivity index (χ0n) is 14.7. The summed E-state index contributed by atoms with van der Waals surface area (Å²) in [5.41, 5.74) is 4.22. The molecular formula is C18H22N4O2. The van der Waals surface area contributed by atoms with Gasteiger partial charge in [0.2, 0.25) is 5.91 Å². The molecule has 0 saturated carbocycles. The van der Waals surface area contributed by atoms with Crippen LogP contribution in [0.2, 0.25) is 0 Å². The maximum absolute atomic E-state index is 12.3. The molecule has 2 aromatic rings. The molecule has 0 unspecified atom stereocenters. The zero-order chi connectivity index (χ0) is 17.9. The van der Waals surface area contributed by atoms with Gasteiger partial charge in [0.05, 0.1) is 6.54 Å². The average molecular weight is 326 g/mol. The van der Waals surface area contributed by atoms with Crippen LogP contribution in [0.25, 0.3) is 0 Å². The number of benzene rings is 1. The van der Waals surface area contributed by atoms with Gasteiger partial charge in [0, 0.05) is 18.9 Å². The molecule has 1 N–H and O–H groups in total. The normalized spacial score (nSPS) is 10.4. The Labute approximate surface area is 141 Å². The number of carbonyl (C=O) groups excluding carboxylic acids is 2. The Morgan fingerprint density at radius 2 is 1.75 bits per heavy atom. The van der Waals surface area contributed by atoms with Crippen molar-refractivity contribution in [3.8, 4) is 0 Å². The largest absolute Gasteiger partial charge is 0.331 e. The molecule has 24 heavy (non-hydrogen) atoms. The van der Waals surface area contributed by atoms with Gasteiger partial charge in [-0.15, -0.1) is 0 Å². The first-order valence-corrected chi connectivity index (χ1v) is 7.70. The van der Waals surface area contributed by atoms with E-state index in [9.17, 15) is 9.59 Å². The number of rotatable bonds is 4.